The van der Waals surface area contributed by atoms with Gasteiger partial charge in [0.05, 0.1) is 29.2 Å². The van der Waals surface area contributed by atoms with Crippen LogP contribution in [-0.4, -0.2) is 32.3 Å². The highest BCUT2D eigenvalue weighted by molar-refractivity contribution is 6.11. The fourth-order valence-corrected chi connectivity index (χ4v) is 3.53. The van der Waals surface area contributed by atoms with Crippen LogP contribution in [0.3, 0.4) is 0 Å². The lowest BCUT2D eigenvalue weighted by molar-refractivity contribution is -0.0500. The molecule has 1 aliphatic rings. The first-order valence-corrected chi connectivity index (χ1v) is 9.17. The largest absolute Gasteiger partial charge is 0.433 e. The van der Waals surface area contributed by atoms with Gasteiger partial charge in [0.25, 0.3) is 5.91 Å². The molecule has 3 aromatic heterocycles. The van der Waals surface area contributed by atoms with E-state index in [0.717, 1.165) is 5.56 Å². The van der Waals surface area contributed by atoms with Crippen LogP contribution in [0.1, 0.15) is 41.5 Å². The molecule has 150 valence electrons. The third kappa shape index (κ3) is 3.32. The molecular formula is C20H19F2N5O2. The summed E-state index contributed by atoms with van der Waals surface area (Å²) in [5.74, 6) is 0.365. The van der Waals surface area contributed by atoms with Gasteiger partial charge in [-0.3, -0.25) is 19.4 Å². The van der Waals surface area contributed by atoms with E-state index in [0.29, 0.717) is 34.9 Å². The normalized spacial score (nSPS) is 15.9. The van der Waals surface area contributed by atoms with Crippen LogP contribution >= 0.6 is 0 Å². The third-order valence-electron chi connectivity index (χ3n) is 4.89. The molecule has 9 heteroatoms. The average Bonchev–Trinajstić information content (AvgIpc) is 3.24. The van der Waals surface area contributed by atoms with Crippen molar-refractivity contribution >= 4 is 11.7 Å². The summed E-state index contributed by atoms with van der Waals surface area (Å²) in [4.78, 5) is 23.3. The molecule has 1 atom stereocenters. The van der Waals surface area contributed by atoms with E-state index in [1.165, 1.54) is 18.5 Å². The van der Waals surface area contributed by atoms with Gasteiger partial charge in [0, 0.05) is 30.6 Å². The van der Waals surface area contributed by atoms with Crippen LogP contribution < -0.4 is 9.64 Å². The Kier molecular flexibility index (Phi) is 4.73. The summed E-state index contributed by atoms with van der Waals surface area (Å²) in [6.45, 7) is 3.46. The van der Waals surface area contributed by atoms with Gasteiger partial charge in [-0.1, -0.05) is 0 Å². The molecule has 1 amide bonds. The minimum atomic E-state index is -2.93. The Labute approximate surface area is 166 Å². The van der Waals surface area contributed by atoms with E-state index in [2.05, 4.69) is 19.8 Å². The molecule has 0 N–H and O–H groups in total. The van der Waals surface area contributed by atoms with Gasteiger partial charge >= 0.3 is 6.61 Å². The summed E-state index contributed by atoms with van der Waals surface area (Å²) < 4.78 is 31.2. The Morgan fingerprint density at radius 2 is 2.07 bits per heavy atom. The van der Waals surface area contributed by atoms with Crippen LogP contribution in [0, 0.1) is 6.92 Å². The van der Waals surface area contributed by atoms with Gasteiger partial charge in [-0.15, -0.1) is 0 Å². The van der Waals surface area contributed by atoms with Crippen molar-refractivity contribution in [2.24, 2.45) is 0 Å². The number of aryl methyl sites for hydroxylation is 2. The number of halogens is 2. The number of rotatable bonds is 5. The van der Waals surface area contributed by atoms with Gasteiger partial charge in [0.1, 0.15) is 5.75 Å². The Morgan fingerprint density at radius 1 is 1.28 bits per heavy atom. The van der Waals surface area contributed by atoms with Gasteiger partial charge in [0.15, 0.2) is 5.82 Å². The molecule has 0 saturated carbocycles. The molecule has 7 nitrogen and oxygen atoms in total. The highest BCUT2D eigenvalue weighted by Gasteiger charge is 2.39. The zero-order valence-corrected chi connectivity index (χ0v) is 16.1. The summed E-state index contributed by atoms with van der Waals surface area (Å²) in [6.07, 6.45) is 4.56. The number of fused-ring (bicyclic) bond motifs is 1. The van der Waals surface area contributed by atoms with Crippen LogP contribution in [0.2, 0.25) is 0 Å². The highest BCUT2D eigenvalue weighted by atomic mass is 19.3. The van der Waals surface area contributed by atoms with Crippen molar-refractivity contribution in [1.29, 1.82) is 0 Å². The van der Waals surface area contributed by atoms with E-state index in [-0.39, 0.29) is 17.7 Å². The third-order valence-corrected chi connectivity index (χ3v) is 4.89. The van der Waals surface area contributed by atoms with Crippen molar-refractivity contribution in [1.82, 2.24) is 19.7 Å². The van der Waals surface area contributed by atoms with E-state index in [4.69, 9.17) is 0 Å². The molecule has 0 radical (unpaired) electrons. The number of alkyl halides is 2. The SMILES string of the molecule is CCn1ccc(N2C(=O)c3c(C)cc(-c4cncc(OC(F)F)c4)nc3C2C)n1. The maximum absolute atomic E-state index is 13.1. The standard InChI is InChI=1S/C20H19F2N5O2/c1-4-26-6-5-16(25-26)27-12(3)18-17(19(27)28)11(2)7-15(24-18)13-8-14(10-23-9-13)29-20(21)22/h5-10,12,20H,4H2,1-3H3. The summed E-state index contributed by atoms with van der Waals surface area (Å²) in [7, 11) is 0. The van der Waals surface area contributed by atoms with E-state index in [1.807, 2.05) is 27.0 Å². The predicted molar refractivity (Wildman–Crippen MR) is 102 cm³/mol. The Bertz CT molecular complexity index is 1080. The Morgan fingerprint density at radius 3 is 2.76 bits per heavy atom. The molecule has 4 heterocycles. The fraction of sp³-hybridized carbons (Fsp3) is 0.300. The van der Waals surface area contributed by atoms with Gasteiger partial charge in [-0.2, -0.15) is 13.9 Å². The van der Waals surface area contributed by atoms with Crippen LogP contribution in [0.4, 0.5) is 14.6 Å². The van der Waals surface area contributed by atoms with Gasteiger partial charge < -0.3 is 4.74 Å². The summed E-state index contributed by atoms with van der Waals surface area (Å²) in [5.41, 5.74) is 2.98. The molecular weight excluding hydrogens is 380 g/mol. The second-order valence-electron chi connectivity index (χ2n) is 6.75. The highest BCUT2D eigenvalue weighted by Crippen LogP contribution is 2.38. The van der Waals surface area contributed by atoms with Crippen LogP contribution in [0.5, 0.6) is 5.75 Å². The molecule has 1 aliphatic heterocycles. The lowest BCUT2D eigenvalue weighted by Gasteiger charge is -2.18. The summed E-state index contributed by atoms with van der Waals surface area (Å²) in [5, 5.41) is 4.44. The number of ether oxygens (including phenoxy) is 1. The van der Waals surface area contributed by atoms with Crippen molar-refractivity contribution in [2.45, 2.75) is 40.0 Å². The number of carbonyl (C=O) groups is 1. The molecule has 0 aromatic carbocycles. The van der Waals surface area contributed by atoms with Crippen LogP contribution in [0.25, 0.3) is 11.3 Å². The summed E-state index contributed by atoms with van der Waals surface area (Å²) >= 11 is 0. The molecule has 0 bridgehead atoms. The number of nitrogens with zero attached hydrogens (tertiary/aromatic N) is 5. The van der Waals surface area contributed by atoms with E-state index in [1.54, 1.807) is 21.7 Å². The number of hydrogen-bond donors (Lipinski definition) is 0. The fourth-order valence-electron chi connectivity index (χ4n) is 3.53. The molecule has 0 saturated heterocycles. The quantitative estimate of drug-likeness (QED) is 0.649. The van der Waals surface area contributed by atoms with Crippen LogP contribution in [-0.2, 0) is 6.54 Å². The van der Waals surface area contributed by atoms with Gasteiger partial charge in [-0.25, -0.2) is 4.98 Å². The minimum absolute atomic E-state index is 0.0479. The Balaban J connectivity index is 1.74. The lowest BCUT2D eigenvalue weighted by Crippen LogP contribution is -2.27. The molecule has 4 rings (SSSR count). The van der Waals surface area contributed by atoms with E-state index >= 15 is 0 Å². The first-order chi connectivity index (χ1) is 13.9. The monoisotopic (exact) mass is 399 g/mol. The molecule has 0 fully saturated rings. The average molecular weight is 399 g/mol. The molecule has 29 heavy (non-hydrogen) atoms. The predicted octanol–water partition coefficient (Wildman–Crippen LogP) is 3.99. The first-order valence-electron chi connectivity index (χ1n) is 9.17. The van der Waals surface area contributed by atoms with Crippen molar-refractivity contribution in [2.75, 3.05) is 4.90 Å². The second-order valence-corrected chi connectivity index (χ2v) is 6.75. The van der Waals surface area contributed by atoms with Crippen LogP contribution in [0.15, 0.2) is 36.8 Å². The van der Waals surface area contributed by atoms with Crippen molar-refractivity contribution in [3.8, 4) is 17.0 Å². The Hall–Kier alpha value is -3.36. The molecule has 1 unspecified atom stereocenters. The van der Waals surface area contributed by atoms with E-state index in [9.17, 15) is 13.6 Å². The number of amides is 1. The smallest absolute Gasteiger partial charge is 0.387 e. The van der Waals surface area contributed by atoms with Crippen molar-refractivity contribution in [3.05, 3.63) is 53.6 Å². The van der Waals surface area contributed by atoms with Gasteiger partial charge in [-0.05, 0) is 38.5 Å². The number of hydrogen-bond acceptors (Lipinski definition) is 5. The van der Waals surface area contributed by atoms with Crippen molar-refractivity contribution in [3.63, 3.8) is 0 Å². The number of pyridine rings is 2. The van der Waals surface area contributed by atoms with Gasteiger partial charge in [0.2, 0.25) is 0 Å². The lowest BCUT2D eigenvalue weighted by atomic mass is 10.0. The molecule has 3 aromatic rings. The number of aromatic nitrogens is 4. The molecule has 0 spiro atoms. The van der Waals surface area contributed by atoms with E-state index < -0.39 is 6.61 Å². The van der Waals surface area contributed by atoms with Crippen molar-refractivity contribution < 1.29 is 18.3 Å². The number of carbonyl (C=O) groups excluding carboxylic acids is 1. The summed E-state index contributed by atoms with van der Waals surface area (Å²) in [6, 6.07) is 4.69. The zero-order chi connectivity index (χ0) is 20.7. The zero-order valence-electron chi connectivity index (χ0n) is 16.1. The maximum atomic E-state index is 13.1. The molecule has 0 aliphatic carbocycles. The minimum Gasteiger partial charge on any atom is -0.433 e. The maximum Gasteiger partial charge on any atom is 0.387 e. The second kappa shape index (κ2) is 7.23. The first kappa shape index (κ1) is 19.0. The topological polar surface area (TPSA) is 73.1 Å². The number of anilines is 1.